The maximum absolute atomic E-state index is 11.8. The zero-order chi connectivity index (χ0) is 16.8. The van der Waals surface area contributed by atoms with E-state index in [9.17, 15) is 9.59 Å². The first kappa shape index (κ1) is 17.2. The molecule has 0 saturated carbocycles. The average Bonchev–Trinajstić information content (AvgIpc) is 2.58. The molecule has 0 unspecified atom stereocenters. The summed E-state index contributed by atoms with van der Waals surface area (Å²) in [6, 6.07) is 2.14. The van der Waals surface area contributed by atoms with Crippen LogP contribution in [0, 0.1) is 0 Å². The highest BCUT2D eigenvalue weighted by Crippen LogP contribution is 2.19. The summed E-state index contributed by atoms with van der Waals surface area (Å²) in [5.41, 5.74) is 1.73. The van der Waals surface area contributed by atoms with Gasteiger partial charge in [-0.05, 0) is 30.9 Å². The number of fused-ring (bicyclic) bond motifs is 1. The van der Waals surface area contributed by atoms with Gasteiger partial charge in [-0.2, -0.15) is 0 Å². The molecular weight excluding hydrogens is 292 g/mol. The third-order valence-electron chi connectivity index (χ3n) is 4.20. The molecule has 0 radical (unpaired) electrons. The molecule has 6 heteroatoms. The van der Waals surface area contributed by atoms with Crippen LogP contribution in [0.1, 0.15) is 49.5 Å². The Hall–Kier alpha value is -2.11. The highest BCUT2D eigenvalue weighted by molar-refractivity contribution is 5.97. The summed E-state index contributed by atoms with van der Waals surface area (Å²) in [5, 5.41) is 6.23. The van der Waals surface area contributed by atoms with E-state index in [0.29, 0.717) is 12.6 Å². The van der Waals surface area contributed by atoms with Crippen LogP contribution in [-0.4, -0.2) is 47.4 Å². The van der Waals surface area contributed by atoms with Gasteiger partial charge in [0.2, 0.25) is 5.91 Å². The minimum atomic E-state index is -0.0203. The number of nitrogens with one attached hydrogen (secondary N) is 2. The van der Waals surface area contributed by atoms with Crippen LogP contribution < -0.4 is 10.6 Å². The number of hydrogen-bond donors (Lipinski definition) is 2. The number of carbonyl (C=O) groups excluding carboxylic acids is 2. The highest BCUT2D eigenvalue weighted by atomic mass is 16.2. The predicted molar refractivity (Wildman–Crippen MR) is 90.5 cm³/mol. The molecule has 0 spiro atoms. The number of amides is 2. The number of pyridine rings is 1. The molecule has 1 aromatic heterocycles. The van der Waals surface area contributed by atoms with Crippen LogP contribution in [0.4, 0.5) is 5.82 Å². The molecule has 3 rings (SSSR count). The van der Waals surface area contributed by atoms with E-state index < -0.39 is 0 Å². The molecule has 126 valence electrons. The molecule has 3 heterocycles. The van der Waals surface area contributed by atoms with Gasteiger partial charge in [-0.1, -0.05) is 13.8 Å². The Morgan fingerprint density at radius 3 is 2.70 bits per heavy atom. The zero-order valence-electron chi connectivity index (χ0n) is 14.2. The van der Waals surface area contributed by atoms with Gasteiger partial charge in [0.15, 0.2) is 0 Å². The maximum atomic E-state index is 11.8. The lowest BCUT2D eigenvalue weighted by Gasteiger charge is -2.32. The van der Waals surface area contributed by atoms with Gasteiger partial charge in [-0.15, -0.1) is 0 Å². The van der Waals surface area contributed by atoms with Crippen molar-refractivity contribution < 1.29 is 9.59 Å². The van der Waals surface area contributed by atoms with Crippen LogP contribution in [0.25, 0.3) is 0 Å². The molecule has 6 nitrogen and oxygen atoms in total. The molecule has 0 aromatic carbocycles. The molecule has 0 atom stereocenters. The quantitative estimate of drug-likeness (QED) is 0.872. The lowest BCUT2D eigenvalue weighted by Crippen LogP contribution is -2.41. The standard InChI is InChI=1S/C15H20N4O2.C2H6/c1-10(20)19-6-3-12(4-7-19)18-14-8-13-11(9-17-14)2-5-16-15(13)21;1-2/h8-9,12H,2-7H2,1H3,(H,16,21)(H,17,18);1-2H3. The second-order valence-corrected chi connectivity index (χ2v) is 5.66. The first-order chi connectivity index (χ1) is 11.1. The lowest BCUT2D eigenvalue weighted by atomic mass is 10.0. The minimum Gasteiger partial charge on any atom is -0.367 e. The van der Waals surface area contributed by atoms with Crippen LogP contribution in [0.15, 0.2) is 12.3 Å². The number of anilines is 1. The Bertz CT molecular complexity index is 566. The van der Waals surface area contributed by atoms with Crippen molar-refractivity contribution in [3.05, 3.63) is 23.4 Å². The summed E-state index contributed by atoms with van der Waals surface area (Å²) >= 11 is 0. The first-order valence-corrected chi connectivity index (χ1v) is 8.42. The van der Waals surface area contributed by atoms with Crippen molar-refractivity contribution in [1.29, 1.82) is 0 Å². The summed E-state index contributed by atoms with van der Waals surface area (Å²) < 4.78 is 0. The van der Waals surface area contributed by atoms with Crippen molar-refractivity contribution in [3.8, 4) is 0 Å². The van der Waals surface area contributed by atoms with Crippen LogP contribution in [0.5, 0.6) is 0 Å². The van der Waals surface area contributed by atoms with Crippen molar-refractivity contribution >= 4 is 17.6 Å². The Labute approximate surface area is 137 Å². The van der Waals surface area contributed by atoms with E-state index in [1.54, 1.807) is 13.1 Å². The molecule has 2 aliphatic heterocycles. The van der Waals surface area contributed by atoms with E-state index in [1.807, 2.05) is 24.8 Å². The second kappa shape index (κ2) is 7.94. The van der Waals surface area contributed by atoms with Crippen molar-refractivity contribution in [2.75, 3.05) is 25.0 Å². The topological polar surface area (TPSA) is 74.3 Å². The van der Waals surface area contributed by atoms with Gasteiger partial charge < -0.3 is 15.5 Å². The largest absolute Gasteiger partial charge is 0.367 e. The Morgan fingerprint density at radius 2 is 2.04 bits per heavy atom. The summed E-state index contributed by atoms with van der Waals surface area (Å²) in [7, 11) is 0. The van der Waals surface area contributed by atoms with E-state index in [-0.39, 0.29) is 11.8 Å². The third kappa shape index (κ3) is 4.21. The smallest absolute Gasteiger partial charge is 0.251 e. The Balaban J connectivity index is 0.000000924. The number of carbonyl (C=O) groups is 2. The summed E-state index contributed by atoms with van der Waals surface area (Å²) in [6.07, 6.45) is 4.45. The van der Waals surface area contributed by atoms with Gasteiger partial charge >= 0.3 is 0 Å². The fourth-order valence-electron chi connectivity index (χ4n) is 2.93. The molecule has 23 heavy (non-hydrogen) atoms. The fraction of sp³-hybridized carbons (Fsp3) is 0.588. The van der Waals surface area contributed by atoms with Gasteiger partial charge in [0.25, 0.3) is 5.91 Å². The molecule has 0 aliphatic carbocycles. The van der Waals surface area contributed by atoms with Crippen molar-refractivity contribution in [2.24, 2.45) is 0 Å². The zero-order valence-corrected chi connectivity index (χ0v) is 14.2. The van der Waals surface area contributed by atoms with E-state index in [4.69, 9.17) is 0 Å². The van der Waals surface area contributed by atoms with E-state index in [2.05, 4.69) is 15.6 Å². The summed E-state index contributed by atoms with van der Waals surface area (Å²) in [4.78, 5) is 29.4. The van der Waals surface area contributed by atoms with Gasteiger partial charge in [0, 0.05) is 44.4 Å². The first-order valence-electron chi connectivity index (χ1n) is 8.42. The van der Waals surface area contributed by atoms with Gasteiger partial charge in [0.1, 0.15) is 5.82 Å². The Kier molecular flexibility index (Phi) is 5.96. The number of likely N-dealkylation sites (tertiary alicyclic amines) is 1. The van der Waals surface area contributed by atoms with Gasteiger partial charge in [-0.3, -0.25) is 9.59 Å². The average molecular weight is 318 g/mol. The highest BCUT2D eigenvalue weighted by Gasteiger charge is 2.22. The number of hydrogen-bond acceptors (Lipinski definition) is 4. The Morgan fingerprint density at radius 1 is 1.35 bits per heavy atom. The fourth-order valence-corrected chi connectivity index (χ4v) is 2.93. The maximum Gasteiger partial charge on any atom is 0.251 e. The molecular formula is C17H26N4O2. The van der Waals surface area contributed by atoms with Gasteiger partial charge in [-0.25, -0.2) is 4.98 Å². The number of rotatable bonds is 2. The predicted octanol–water partition coefficient (Wildman–Crippen LogP) is 1.82. The monoisotopic (exact) mass is 318 g/mol. The van der Waals surface area contributed by atoms with Crippen molar-refractivity contribution in [3.63, 3.8) is 0 Å². The minimum absolute atomic E-state index is 0.0203. The molecule has 1 fully saturated rings. The van der Waals surface area contributed by atoms with Crippen LogP contribution in [-0.2, 0) is 11.2 Å². The number of aromatic nitrogens is 1. The molecule has 1 aromatic rings. The molecule has 2 amide bonds. The SMILES string of the molecule is CC.CC(=O)N1CCC(Nc2cc3c(cn2)CCNC3=O)CC1. The third-order valence-corrected chi connectivity index (χ3v) is 4.20. The van der Waals surface area contributed by atoms with Crippen molar-refractivity contribution in [1.82, 2.24) is 15.2 Å². The van der Waals surface area contributed by atoms with E-state index >= 15 is 0 Å². The van der Waals surface area contributed by atoms with E-state index in [0.717, 1.165) is 49.3 Å². The number of nitrogens with zero attached hydrogens (tertiary/aromatic N) is 2. The van der Waals surface area contributed by atoms with Crippen LogP contribution >= 0.6 is 0 Å². The molecule has 2 aliphatic rings. The normalized spacial score (nSPS) is 17.5. The molecule has 2 N–H and O–H groups in total. The molecule has 0 bridgehead atoms. The summed E-state index contributed by atoms with van der Waals surface area (Å²) in [6.45, 7) is 7.85. The lowest BCUT2D eigenvalue weighted by molar-refractivity contribution is -0.129. The van der Waals surface area contributed by atoms with Crippen molar-refractivity contribution in [2.45, 2.75) is 46.1 Å². The van der Waals surface area contributed by atoms with Crippen LogP contribution in [0.3, 0.4) is 0 Å². The number of piperidine rings is 1. The van der Waals surface area contributed by atoms with Gasteiger partial charge in [0.05, 0.1) is 0 Å². The van der Waals surface area contributed by atoms with Crippen LogP contribution in [0.2, 0.25) is 0 Å². The molecule has 1 saturated heterocycles. The summed E-state index contributed by atoms with van der Waals surface area (Å²) in [5.74, 6) is 0.859. The van der Waals surface area contributed by atoms with E-state index in [1.165, 1.54) is 0 Å². The second-order valence-electron chi connectivity index (χ2n) is 5.66.